The summed E-state index contributed by atoms with van der Waals surface area (Å²) in [5.74, 6) is -0.112. The lowest BCUT2D eigenvalue weighted by Gasteiger charge is -2.12. The van der Waals surface area contributed by atoms with Crippen LogP contribution in [0.3, 0.4) is 0 Å². The molecule has 122 valence electrons. The van der Waals surface area contributed by atoms with Crippen LogP contribution in [0, 0.1) is 11.3 Å². The number of para-hydroxylation sites is 1. The average Bonchev–Trinajstić information content (AvgIpc) is 2.57. The van der Waals surface area contributed by atoms with Crippen molar-refractivity contribution in [3.05, 3.63) is 70.3 Å². The molecule has 0 aliphatic rings. The van der Waals surface area contributed by atoms with E-state index >= 15 is 0 Å². The van der Waals surface area contributed by atoms with Crippen LogP contribution in [0.2, 0.25) is 0 Å². The van der Waals surface area contributed by atoms with E-state index in [1.165, 1.54) is 6.20 Å². The molecule has 24 heavy (non-hydrogen) atoms. The highest BCUT2D eigenvalue weighted by atomic mass is 79.9. The summed E-state index contributed by atoms with van der Waals surface area (Å²) < 4.78 is 0.920. The highest BCUT2D eigenvalue weighted by Gasteiger charge is 2.10. The Balaban J connectivity index is 2.13. The predicted octanol–water partition coefficient (Wildman–Crippen LogP) is 5.03. The number of nitriles is 1. The van der Waals surface area contributed by atoms with E-state index in [1.807, 2.05) is 42.5 Å². The molecule has 2 aromatic rings. The van der Waals surface area contributed by atoms with Gasteiger partial charge in [0, 0.05) is 22.0 Å². The van der Waals surface area contributed by atoms with E-state index in [9.17, 15) is 10.1 Å². The van der Waals surface area contributed by atoms with Crippen molar-refractivity contribution < 1.29 is 4.79 Å². The molecule has 0 aromatic heterocycles. The molecule has 0 aliphatic heterocycles. The third-order valence-electron chi connectivity index (χ3n) is 3.42. The molecule has 1 amide bonds. The standard InChI is InChI=1S/C19H18BrN3O/c1-13(2)17-5-3-4-6-18(17)22-12-14(11-21)19(24)23-16-9-7-15(20)8-10-16/h3-10,12-13,22H,1-2H3,(H,23,24)/b14-12-. The van der Waals surface area contributed by atoms with E-state index in [-0.39, 0.29) is 5.57 Å². The van der Waals surface area contributed by atoms with Crippen LogP contribution >= 0.6 is 15.9 Å². The first kappa shape index (κ1) is 17.8. The molecular formula is C19H18BrN3O. The molecule has 0 heterocycles. The predicted molar refractivity (Wildman–Crippen MR) is 101 cm³/mol. The minimum atomic E-state index is -0.450. The SMILES string of the molecule is CC(C)c1ccccc1N/C=C(/C#N)C(=O)Nc1ccc(Br)cc1. The number of amides is 1. The normalized spacial score (nSPS) is 11.0. The maximum atomic E-state index is 12.2. The number of hydrogen-bond acceptors (Lipinski definition) is 3. The second kappa shape index (κ2) is 8.32. The first-order valence-corrected chi connectivity index (χ1v) is 8.33. The van der Waals surface area contributed by atoms with Gasteiger partial charge >= 0.3 is 0 Å². The Morgan fingerprint density at radius 2 is 1.83 bits per heavy atom. The highest BCUT2D eigenvalue weighted by molar-refractivity contribution is 9.10. The number of rotatable bonds is 5. The van der Waals surface area contributed by atoms with Gasteiger partial charge in [0.1, 0.15) is 11.6 Å². The Hall–Kier alpha value is -2.58. The van der Waals surface area contributed by atoms with Crippen molar-refractivity contribution in [1.82, 2.24) is 0 Å². The van der Waals surface area contributed by atoms with Gasteiger partial charge in [-0.3, -0.25) is 4.79 Å². The Morgan fingerprint density at radius 3 is 2.46 bits per heavy atom. The number of carbonyl (C=O) groups excluding carboxylic acids is 1. The maximum Gasteiger partial charge on any atom is 0.267 e. The van der Waals surface area contributed by atoms with Crippen LogP contribution in [0.1, 0.15) is 25.3 Å². The summed E-state index contributed by atoms with van der Waals surface area (Å²) in [6, 6.07) is 16.9. The first-order chi connectivity index (χ1) is 11.5. The second-order valence-corrected chi connectivity index (χ2v) is 6.43. The molecule has 0 fully saturated rings. The molecule has 0 atom stereocenters. The van der Waals surface area contributed by atoms with Gasteiger partial charge in [-0.2, -0.15) is 5.26 Å². The largest absolute Gasteiger partial charge is 0.360 e. The molecule has 4 nitrogen and oxygen atoms in total. The lowest BCUT2D eigenvalue weighted by molar-refractivity contribution is -0.112. The Labute approximate surface area is 150 Å². The van der Waals surface area contributed by atoms with E-state index in [0.29, 0.717) is 11.6 Å². The quantitative estimate of drug-likeness (QED) is 0.561. The van der Waals surface area contributed by atoms with E-state index in [4.69, 9.17) is 0 Å². The average molecular weight is 384 g/mol. The summed E-state index contributed by atoms with van der Waals surface area (Å²) in [5.41, 5.74) is 2.65. The zero-order valence-corrected chi connectivity index (χ0v) is 15.1. The molecule has 0 bridgehead atoms. The van der Waals surface area contributed by atoms with Crippen molar-refractivity contribution in [2.45, 2.75) is 19.8 Å². The molecule has 0 spiro atoms. The van der Waals surface area contributed by atoms with Gasteiger partial charge < -0.3 is 10.6 Å². The monoisotopic (exact) mass is 383 g/mol. The molecule has 0 saturated carbocycles. The zero-order valence-electron chi connectivity index (χ0n) is 13.5. The fourth-order valence-electron chi connectivity index (χ4n) is 2.16. The van der Waals surface area contributed by atoms with E-state index in [2.05, 4.69) is 40.4 Å². The number of carbonyl (C=O) groups is 1. The van der Waals surface area contributed by atoms with Crippen molar-refractivity contribution in [2.24, 2.45) is 0 Å². The van der Waals surface area contributed by atoms with Crippen molar-refractivity contribution >= 4 is 33.2 Å². The first-order valence-electron chi connectivity index (χ1n) is 7.54. The smallest absolute Gasteiger partial charge is 0.267 e. The molecule has 0 unspecified atom stereocenters. The molecule has 2 rings (SSSR count). The minimum Gasteiger partial charge on any atom is -0.360 e. The number of nitrogens with zero attached hydrogens (tertiary/aromatic N) is 1. The van der Waals surface area contributed by atoms with Crippen LogP contribution < -0.4 is 10.6 Å². The summed E-state index contributed by atoms with van der Waals surface area (Å²) in [6.07, 6.45) is 1.44. The van der Waals surface area contributed by atoms with Gasteiger partial charge in [-0.1, -0.05) is 48.0 Å². The highest BCUT2D eigenvalue weighted by Crippen LogP contribution is 2.24. The maximum absolute atomic E-state index is 12.2. The lowest BCUT2D eigenvalue weighted by atomic mass is 10.0. The summed E-state index contributed by atoms with van der Waals surface area (Å²) in [4.78, 5) is 12.2. The van der Waals surface area contributed by atoms with Crippen LogP contribution in [-0.2, 0) is 4.79 Å². The van der Waals surface area contributed by atoms with Gasteiger partial charge in [0.2, 0.25) is 0 Å². The Bertz CT molecular complexity index is 789. The van der Waals surface area contributed by atoms with Crippen molar-refractivity contribution in [1.29, 1.82) is 5.26 Å². The minimum absolute atomic E-state index is 0.0106. The van der Waals surface area contributed by atoms with Gasteiger partial charge in [0.15, 0.2) is 0 Å². The fraction of sp³-hybridized carbons (Fsp3) is 0.158. The molecule has 2 N–H and O–H groups in total. The molecule has 0 aliphatic carbocycles. The van der Waals surface area contributed by atoms with Gasteiger partial charge in [-0.05, 0) is 41.8 Å². The second-order valence-electron chi connectivity index (χ2n) is 5.52. The Kier molecular flexibility index (Phi) is 6.16. The molecular weight excluding hydrogens is 366 g/mol. The van der Waals surface area contributed by atoms with Crippen molar-refractivity contribution in [3.63, 3.8) is 0 Å². The summed E-state index contributed by atoms with van der Waals surface area (Å²) >= 11 is 3.34. The van der Waals surface area contributed by atoms with Crippen LogP contribution in [0.15, 0.2) is 64.8 Å². The number of nitrogens with one attached hydrogen (secondary N) is 2. The third-order valence-corrected chi connectivity index (χ3v) is 3.95. The fourth-order valence-corrected chi connectivity index (χ4v) is 2.43. The van der Waals surface area contributed by atoms with Crippen LogP contribution in [0.4, 0.5) is 11.4 Å². The number of benzene rings is 2. The molecule has 0 radical (unpaired) electrons. The van der Waals surface area contributed by atoms with E-state index in [1.54, 1.807) is 12.1 Å². The van der Waals surface area contributed by atoms with E-state index < -0.39 is 5.91 Å². The zero-order chi connectivity index (χ0) is 17.5. The van der Waals surface area contributed by atoms with Crippen LogP contribution in [0.25, 0.3) is 0 Å². The summed E-state index contributed by atoms with van der Waals surface area (Å²) in [5, 5.41) is 15.0. The van der Waals surface area contributed by atoms with Gasteiger partial charge in [0.25, 0.3) is 5.91 Å². The number of anilines is 2. The van der Waals surface area contributed by atoms with Crippen molar-refractivity contribution in [3.8, 4) is 6.07 Å². The topological polar surface area (TPSA) is 64.9 Å². The summed E-state index contributed by atoms with van der Waals surface area (Å²) in [7, 11) is 0. The van der Waals surface area contributed by atoms with Crippen LogP contribution in [0.5, 0.6) is 0 Å². The lowest BCUT2D eigenvalue weighted by Crippen LogP contribution is -2.14. The van der Waals surface area contributed by atoms with Crippen molar-refractivity contribution in [2.75, 3.05) is 10.6 Å². The number of hydrogen-bond donors (Lipinski definition) is 2. The third kappa shape index (κ3) is 4.71. The van der Waals surface area contributed by atoms with Gasteiger partial charge in [-0.15, -0.1) is 0 Å². The molecule has 2 aromatic carbocycles. The van der Waals surface area contributed by atoms with Gasteiger partial charge in [-0.25, -0.2) is 0 Å². The van der Waals surface area contributed by atoms with Crippen LogP contribution in [-0.4, -0.2) is 5.91 Å². The van der Waals surface area contributed by atoms with Gasteiger partial charge in [0.05, 0.1) is 0 Å². The van der Waals surface area contributed by atoms with E-state index in [0.717, 1.165) is 15.7 Å². The number of halogens is 1. The molecule has 0 saturated heterocycles. The Morgan fingerprint density at radius 1 is 1.17 bits per heavy atom. The summed E-state index contributed by atoms with van der Waals surface area (Å²) in [6.45, 7) is 4.19. The molecule has 5 heteroatoms.